The summed E-state index contributed by atoms with van der Waals surface area (Å²) >= 11 is 0. The van der Waals surface area contributed by atoms with Crippen LogP contribution >= 0.6 is 0 Å². The van der Waals surface area contributed by atoms with Gasteiger partial charge in [0.2, 0.25) is 0 Å². The molecule has 0 aliphatic rings. The maximum atomic E-state index is 12.7. The minimum atomic E-state index is -4.36. The predicted molar refractivity (Wildman–Crippen MR) is 76.5 cm³/mol. The molecule has 0 aliphatic heterocycles. The SMILES string of the molecule is FC(F)(F)c1ccc2c(Nc3ccccc3)ccnc2c1. The molecule has 1 aromatic heterocycles. The van der Waals surface area contributed by atoms with Gasteiger partial charge in [0.05, 0.1) is 11.1 Å². The second-order valence-corrected chi connectivity index (χ2v) is 4.58. The molecule has 5 heteroatoms. The predicted octanol–water partition coefficient (Wildman–Crippen LogP) is 5.00. The zero-order chi connectivity index (χ0) is 14.9. The number of alkyl halides is 3. The molecule has 3 aromatic rings. The summed E-state index contributed by atoms with van der Waals surface area (Å²) in [6, 6.07) is 14.7. The Morgan fingerprint density at radius 2 is 1.67 bits per heavy atom. The first kappa shape index (κ1) is 13.4. The molecule has 0 radical (unpaired) electrons. The summed E-state index contributed by atoms with van der Waals surface area (Å²) in [7, 11) is 0. The lowest BCUT2D eigenvalue weighted by Gasteiger charge is -2.11. The van der Waals surface area contributed by atoms with Crippen LogP contribution in [0.4, 0.5) is 24.5 Å². The van der Waals surface area contributed by atoms with Crippen molar-refractivity contribution in [1.29, 1.82) is 0 Å². The average molecular weight is 288 g/mol. The quantitative estimate of drug-likeness (QED) is 0.718. The van der Waals surface area contributed by atoms with E-state index in [4.69, 9.17) is 0 Å². The number of rotatable bonds is 2. The van der Waals surface area contributed by atoms with Crippen molar-refractivity contribution in [3.63, 3.8) is 0 Å². The molecule has 0 atom stereocenters. The molecule has 0 unspecified atom stereocenters. The van der Waals surface area contributed by atoms with E-state index in [1.165, 1.54) is 12.3 Å². The van der Waals surface area contributed by atoms with Crippen molar-refractivity contribution in [3.05, 3.63) is 66.4 Å². The van der Waals surface area contributed by atoms with E-state index >= 15 is 0 Å². The van der Waals surface area contributed by atoms with Gasteiger partial charge in [0.25, 0.3) is 0 Å². The van der Waals surface area contributed by atoms with Gasteiger partial charge >= 0.3 is 6.18 Å². The molecule has 3 rings (SSSR count). The third-order valence-corrected chi connectivity index (χ3v) is 3.12. The molecule has 0 fully saturated rings. The van der Waals surface area contributed by atoms with E-state index in [0.29, 0.717) is 10.9 Å². The summed E-state index contributed by atoms with van der Waals surface area (Å²) in [6.45, 7) is 0. The van der Waals surface area contributed by atoms with Gasteiger partial charge in [-0.25, -0.2) is 0 Å². The number of para-hydroxylation sites is 1. The van der Waals surface area contributed by atoms with Gasteiger partial charge in [-0.15, -0.1) is 0 Å². The lowest BCUT2D eigenvalue weighted by atomic mass is 10.1. The standard InChI is InChI=1S/C16H11F3N2/c17-16(18,19)11-6-7-13-14(8-9-20-15(13)10-11)21-12-4-2-1-3-5-12/h1-10H,(H,20,21). The van der Waals surface area contributed by atoms with Gasteiger partial charge < -0.3 is 5.32 Å². The molecule has 106 valence electrons. The highest BCUT2D eigenvalue weighted by molar-refractivity contribution is 5.93. The number of halogens is 3. The van der Waals surface area contributed by atoms with E-state index < -0.39 is 11.7 Å². The molecule has 0 aliphatic carbocycles. The van der Waals surface area contributed by atoms with E-state index in [1.807, 2.05) is 30.3 Å². The van der Waals surface area contributed by atoms with E-state index in [9.17, 15) is 13.2 Å². The third kappa shape index (κ3) is 2.81. The summed E-state index contributed by atoms with van der Waals surface area (Å²) in [6.07, 6.45) is -2.87. The smallest absolute Gasteiger partial charge is 0.355 e. The normalized spacial score (nSPS) is 11.6. The fraction of sp³-hybridized carbons (Fsp3) is 0.0625. The van der Waals surface area contributed by atoms with E-state index in [1.54, 1.807) is 6.07 Å². The van der Waals surface area contributed by atoms with Crippen molar-refractivity contribution in [2.45, 2.75) is 6.18 Å². The van der Waals surface area contributed by atoms with Gasteiger partial charge in [-0.2, -0.15) is 13.2 Å². The Morgan fingerprint density at radius 1 is 0.905 bits per heavy atom. The van der Waals surface area contributed by atoms with E-state index in [-0.39, 0.29) is 0 Å². The summed E-state index contributed by atoms with van der Waals surface area (Å²) in [4.78, 5) is 4.02. The summed E-state index contributed by atoms with van der Waals surface area (Å²) < 4.78 is 38.2. The molecule has 0 saturated heterocycles. The maximum absolute atomic E-state index is 12.7. The largest absolute Gasteiger partial charge is 0.416 e. The molecular weight excluding hydrogens is 277 g/mol. The molecule has 0 bridgehead atoms. The number of nitrogens with one attached hydrogen (secondary N) is 1. The second-order valence-electron chi connectivity index (χ2n) is 4.58. The first-order valence-electron chi connectivity index (χ1n) is 6.32. The maximum Gasteiger partial charge on any atom is 0.416 e. The minimum absolute atomic E-state index is 0.311. The van der Waals surface area contributed by atoms with Crippen LogP contribution in [0.2, 0.25) is 0 Å². The monoisotopic (exact) mass is 288 g/mol. The Hall–Kier alpha value is -2.56. The molecule has 0 amide bonds. The van der Waals surface area contributed by atoms with Gasteiger partial charge in [-0.3, -0.25) is 4.98 Å². The number of aromatic nitrogens is 1. The molecule has 2 nitrogen and oxygen atoms in total. The number of nitrogens with zero attached hydrogens (tertiary/aromatic N) is 1. The van der Waals surface area contributed by atoms with Crippen molar-refractivity contribution in [2.75, 3.05) is 5.32 Å². The first-order valence-corrected chi connectivity index (χ1v) is 6.32. The molecule has 0 saturated carbocycles. The number of anilines is 2. The van der Waals surface area contributed by atoms with Crippen LogP contribution in [0, 0.1) is 0 Å². The van der Waals surface area contributed by atoms with Crippen molar-refractivity contribution in [2.24, 2.45) is 0 Å². The zero-order valence-electron chi connectivity index (χ0n) is 10.9. The minimum Gasteiger partial charge on any atom is -0.355 e. The van der Waals surface area contributed by atoms with Gasteiger partial charge in [0, 0.05) is 23.0 Å². The van der Waals surface area contributed by atoms with Crippen LogP contribution in [0.15, 0.2) is 60.8 Å². The number of hydrogen-bond acceptors (Lipinski definition) is 2. The van der Waals surface area contributed by atoms with Crippen LogP contribution in [0.1, 0.15) is 5.56 Å². The molecule has 1 heterocycles. The number of pyridine rings is 1. The topological polar surface area (TPSA) is 24.9 Å². The lowest BCUT2D eigenvalue weighted by molar-refractivity contribution is -0.137. The van der Waals surface area contributed by atoms with E-state index in [2.05, 4.69) is 10.3 Å². The van der Waals surface area contributed by atoms with Crippen LogP contribution in [-0.4, -0.2) is 4.98 Å². The van der Waals surface area contributed by atoms with Crippen molar-refractivity contribution in [3.8, 4) is 0 Å². The second kappa shape index (κ2) is 5.09. The highest BCUT2D eigenvalue weighted by atomic mass is 19.4. The van der Waals surface area contributed by atoms with Crippen LogP contribution in [-0.2, 0) is 6.18 Å². The fourth-order valence-corrected chi connectivity index (χ4v) is 2.11. The average Bonchev–Trinajstić information content (AvgIpc) is 2.47. The Bertz CT molecular complexity index is 767. The lowest BCUT2D eigenvalue weighted by Crippen LogP contribution is -2.04. The summed E-state index contributed by atoms with van der Waals surface area (Å²) in [5.74, 6) is 0. The summed E-state index contributed by atoms with van der Waals surface area (Å²) in [5, 5.41) is 3.83. The Morgan fingerprint density at radius 3 is 2.38 bits per heavy atom. The van der Waals surface area contributed by atoms with Crippen LogP contribution in [0.3, 0.4) is 0 Å². The zero-order valence-corrected chi connectivity index (χ0v) is 10.9. The molecule has 21 heavy (non-hydrogen) atoms. The Balaban J connectivity index is 2.05. The number of fused-ring (bicyclic) bond motifs is 1. The van der Waals surface area contributed by atoms with Crippen molar-refractivity contribution in [1.82, 2.24) is 4.98 Å². The highest BCUT2D eigenvalue weighted by Crippen LogP contribution is 2.33. The van der Waals surface area contributed by atoms with Gasteiger partial charge in [0.1, 0.15) is 0 Å². The Kier molecular flexibility index (Phi) is 3.25. The van der Waals surface area contributed by atoms with Crippen LogP contribution in [0.5, 0.6) is 0 Å². The Labute approximate surface area is 119 Å². The van der Waals surface area contributed by atoms with Crippen molar-refractivity contribution >= 4 is 22.3 Å². The molecule has 2 aromatic carbocycles. The van der Waals surface area contributed by atoms with Gasteiger partial charge in [0.15, 0.2) is 0 Å². The van der Waals surface area contributed by atoms with Crippen molar-refractivity contribution < 1.29 is 13.2 Å². The number of benzene rings is 2. The molecular formula is C16H11F3N2. The summed E-state index contributed by atoms with van der Waals surface area (Å²) in [5.41, 5.74) is 1.20. The third-order valence-electron chi connectivity index (χ3n) is 3.12. The van der Waals surface area contributed by atoms with Crippen LogP contribution in [0.25, 0.3) is 10.9 Å². The molecule has 0 spiro atoms. The van der Waals surface area contributed by atoms with Gasteiger partial charge in [-0.05, 0) is 30.3 Å². The fourth-order valence-electron chi connectivity index (χ4n) is 2.11. The first-order chi connectivity index (χ1) is 10.0. The van der Waals surface area contributed by atoms with E-state index in [0.717, 1.165) is 23.5 Å². The number of hydrogen-bond donors (Lipinski definition) is 1. The highest BCUT2D eigenvalue weighted by Gasteiger charge is 2.30. The van der Waals surface area contributed by atoms with Gasteiger partial charge in [-0.1, -0.05) is 24.3 Å². The van der Waals surface area contributed by atoms with Crippen LogP contribution < -0.4 is 5.32 Å². The molecule has 1 N–H and O–H groups in total.